The number of aromatic nitrogens is 1. The average Bonchev–Trinajstić information content (AvgIpc) is 3.16. The standard InChI is InChI=1S/C22H13Cl2N3O3/c23-15-7-9-18(24)17(12-15)22-26-19-13-16(8-10-21(19)30-22)25-11-3-5-14-4-1-2-6-20(14)27(28)29/h1-13H/b5-3+,25-11?. The van der Waals surface area contributed by atoms with Crippen LogP contribution >= 0.6 is 23.2 Å². The van der Waals surface area contributed by atoms with Crippen LogP contribution in [-0.4, -0.2) is 16.1 Å². The summed E-state index contributed by atoms with van der Waals surface area (Å²) < 4.78 is 5.78. The molecule has 8 heteroatoms. The quantitative estimate of drug-likeness (QED) is 0.189. The first-order valence-electron chi connectivity index (χ1n) is 8.81. The van der Waals surface area contributed by atoms with E-state index in [1.807, 2.05) is 0 Å². The average molecular weight is 438 g/mol. The second kappa shape index (κ2) is 8.49. The maximum absolute atomic E-state index is 11.1. The Balaban J connectivity index is 1.57. The molecule has 0 aliphatic carbocycles. The molecular formula is C22H13Cl2N3O3. The molecule has 0 spiro atoms. The van der Waals surface area contributed by atoms with Gasteiger partial charge in [-0.05, 0) is 54.6 Å². The summed E-state index contributed by atoms with van der Waals surface area (Å²) in [6, 6.07) is 16.9. The lowest BCUT2D eigenvalue weighted by Gasteiger charge is -1.99. The van der Waals surface area contributed by atoms with Gasteiger partial charge in [0.2, 0.25) is 5.89 Å². The molecule has 3 aromatic carbocycles. The fourth-order valence-corrected chi connectivity index (χ4v) is 3.21. The molecule has 30 heavy (non-hydrogen) atoms. The minimum atomic E-state index is -0.418. The minimum absolute atomic E-state index is 0.0402. The maximum Gasteiger partial charge on any atom is 0.276 e. The summed E-state index contributed by atoms with van der Waals surface area (Å²) in [5.41, 5.74) is 3.03. The van der Waals surface area contributed by atoms with E-state index in [1.54, 1.807) is 73.0 Å². The van der Waals surface area contributed by atoms with Crippen molar-refractivity contribution in [1.29, 1.82) is 0 Å². The predicted molar refractivity (Wildman–Crippen MR) is 120 cm³/mol. The van der Waals surface area contributed by atoms with Crippen LogP contribution in [0.4, 0.5) is 11.4 Å². The van der Waals surface area contributed by atoms with Gasteiger partial charge in [0.1, 0.15) is 5.52 Å². The van der Waals surface area contributed by atoms with E-state index < -0.39 is 4.92 Å². The Morgan fingerprint density at radius 1 is 1.07 bits per heavy atom. The minimum Gasteiger partial charge on any atom is -0.436 e. The highest BCUT2D eigenvalue weighted by molar-refractivity contribution is 6.35. The summed E-state index contributed by atoms with van der Waals surface area (Å²) in [5.74, 6) is 0.370. The number of benzene rings is 3. The lowest BCUT2D eigenvalue weighted by atomic mass is 10.1. The maximum atomic E-state index is 11.1. The molecule has 0 aliphatic heterocycles. The lowest BCUT2D eigenvalue weighted by Crippen LogP contribution is -1.90. The summed E-state index contributed by atoms with van der Waals surface area (Å²) >= 11 is 12.3. The van der Waals surface area contributed by atoms with Gasteiger partial charge >= 0.3 is 0 Å². The van der Waals surface area contributed by atoms with Crippen LogP contribution in [0.25, 0.3) is 28.6 Å². The molecule has 148 valence electrons. The van der Waals surface area contributed by atoms with Crippen molar-refractivity contribution < 1.29 is 9.34 Å². The van der Waals surface area contributed by atoms with Crippen molar-refractivity contribution in [3.8, 4) is 11.5 Å². The predicted octanol–water partition coefficient (Wildman–Crippen LogP) is 7.13. The number of fused-ring (bicyclic) bond motifs is 1. The van der Waals surface area contributed by atoms with Gasteiger partial charge in [0.25, 0.3) is 5.69 Å². The van der Waals surface area contributed by atoms with Crippen molar-refractivity contribution in [1.82, 2.24) is 4.98 Å². The number of oxazole rings is 1. The molecule has 0 fully saturated rings. The van der Waals surface area contributed by atoms with E-state index in [4.69, 9.17) is 27.6 Å². The summed E-state index contributed by atoms with van der Waals surface area (Å²) in [6.45, 7) is 0. The van der Waals surface area contributed by atoms with Crippen molar-refractivity contribution in [2.45, 2.75) is 0 Å². The monoisotopic (exact) mass is 437 g/mol. The van der Waals surface area contributed by atoms with Crippen molar-refractivity contribution >= 4 is 58.0 Å². The molecule has 1 heterocycles. The molecule has 4 aromatic rings. The number of para-hydroxylation sites is 1. The van der Waals surface area contributed by atoms with Gasteiger partial charge in [0, 0.05) is 17.3 Å². The number of halogens is 2. The number of nitro benzene ring substituents is 1. The van der Waals surface area contributed by atoms with Gasteiger partial charge in [-0.3, -0.25) is 15.1 Å². The van der Waals surface area contributed by atoms with Crippen molar-refractivity contribution in [3.05, 3.63) is 92.5 Å². The highest BCUT2D eigenvalue weighted by Crippen LogP contribution is 2.33. The Kier molecular flexibility index (Phi) is 5.61. The van der Waals surface area contributed by atoms with E-state index in [9.17, 15) is 10.1 Å². The first-order valence-corrected chi connectivity index (χ1v) is 9.57. The van der Waals surface area contributed by atoms with Crippen LogP contribution in [0.5, 0.6) is 0 Å². The van der Waals surface area contributed by atoms with E-state index in [2.05, 4.69) is 9.98 Å². The van der Waals surface area contributed by atoms with E-state index in [-0.39, 0.29) is 5.69 Å². The van der Waals surface area contributed by atoms with Gasteiger partial charge in [-0.2, -0.15) is 0 Å². The number of hydrogen-bond donors (Lipinski definition) is 0. The molecule has 0 aliphatic rings. The highest BCUT2D eigenvalue weighted by Gasteiger charge is 2.13. The van der Waals surface area contributed by atoms with Gasteiger partial charge in [-0.1, -0.05) is 35.3 Å². The summed E-state index contributed by atoms with van der Waals surface area (Å²) in [5, 5.41) is 12.1. The smallest absolute Gasteiger partial charge is 0.276 e. The molecule has 0 radical (unpaired) electrons. The lowest BCUT2D eigenvalue weighted by molar-refractivity contribution is -0.385. The summed E-state index contributed by atoms with van der Waals surface area (Å²) in [4.78, 5) is 19.5. The zero-order valence-electron chi connectivity index (χ0n) is 15.3. The Labute approximate surface area is 181 Å². The fraction of sp³-hybridized carbons (Fsp3) is 0. The zero-order chi connectivity index (χ0) is 21.1. The molecular weight excluding hydrogens is 425 g/mol. The molecule has 4 rings (SSSR count). The van der Waals surface area contributed by atoms with Gasteiger partial charge in [0.05, 0.1) is 26.8 Å². The van der Waals surface area contributed by atoms with E-state index in [0.29, 0.717) is 43.9 Å². The first kappa shape index (κ1) is 19.8. The zero-order valence-corrected chi connectivity index (χ0v) is 16.8. The molecule has 6 nitrogen and oxygen atoms in total. The van der Waals surface area contributed by atoms with Gasteiger partial charge in [0.15, 0.2) is 5.58 Å². The molecule has 0 saturated heterocycles. The summed E-state index contributed by atoms with van der Waals surface area (Å²) in [7, 11) is 0. The van der Waals surface area contributed by atoms with Crippen LogP contribution in [0.3, 0.4) is 0 Å². The third-order valence-electron chi connectivity index (χ3n) is 4.25. The fourth-order valence-electron chi connectivity index (χ4n) is 2.84. The number of aliphatic imine (C=N–C) groups is 1. The van der Waals surface area contributed by atoms with Crippen molar-refractivity contribution in [2.75, 3.05) is 0 Å². The van der Waals surface area contributed by atoms with Crippen LogP contribution in [0.1, 0.15) is 5.56 Å². The molecule has 1 aromatic heterocycles. The van der Waals surface area contributed by atoms with Crippen LogP contribution in [-0.2, 0) is 0 Å². The van der Waals surface area contributed by atoms with Crippen molar-refractivity contribution in [3.63, 3.8) is 0 Å². The van der Waals surface area contributed by atoms with Crippen LogP contribution in [0.2, 0.25) is 10.0 Å². The highest BCUT2D eigenvalue weighted by atomic mass is 35.5. The van der Waals surface area contributed by atoms with Gasteiger partial charge in [-0.15, -0.1) is 0 Å². The van der Waals surface area contributed by atoms with Gasteiger partial charge in [-0.25, -0.2) is 4.98 Å². The van der Waals surface area contributed by atoms with E-state index in [1.165, 1.54) is 6.07 Å². The molecule has 0 unspecified atom stereocenters. The van der Waals surface area contributed by atoms with Crippen LogP contribution < -0.4 is 0 Å². The van der Waals surface area contributed by atoms with Crippen LogP contribution in [0.15, 0.2) is 76.1 Å². The molecule has 0 bridgehead atoms. The molecule has 0 N–H and O–H groups in total. The molecule has 0 amide bonds. The van der Waals surface area contributed by atoms with E-state index in [0.717, 1.165) is 0 Å². The third kappa shape index (κ3) is 4.25. The normalized spacial score (nSPS) is 11.7. The number of allylic oxidation sites excluding steroid dienone is 1. The third-order valence-corrected chi connectivity index (χ3v) is 4.81. The Bertz CT molecular complexity index is 1310. The summed E-state index contributed by atoms with van der Waals surface area (Å²) in [6.07, 6.45) is 4.84. The molecule has 0 atom stereocenters. The Hall–Kier alpha value is -3.48. The largest absolute Gasteiger partial charge is 0.436 e. The Morgan fingerprint density at radius 3 is 2.73 bits per heavy atom. The number of nitro groups is 1. The molecule has 0 saturated carbocycles. The topological polar surface area (TPSA) is 81.5 Å². The first-order chi connectivity index (χ1) is 14.5. The van der Waals surface area contributed by atoms with Gasteiger partial charge < -0.3 is 4.42 Å². The number of rotatable bonds is 5. The Morgan fingerprint density at radius 2 is 1.90 bits per heavy atom. The van der Waals surface area contributed by atoms with E-state index >= 15 is 0 Å². The number of hydrogen-bond acceptors (Lipinski definition) is 5. The SMILES string of the molecule is O=[N+]([O-])c1ccccc1/C=C/C=Nc1ccc2oc(-c3cc(Cl)ccc3Cl)nc2c1. The van der Waals surface area contributed by atoms with Crippen molar-refractivity contribution in [2.24, 2.45) is 4.99 Å². The number of nitrogens with zero attached hydrogens (tertiary/aromatic N) is 3. The second-order valence-corrected chi connectivity index (χ2v) is 7.09. The van der Waals surface area contributed by atoms with Crippen LogP contribution in [0, 0.1) is 10.1 Å². The second-order valence-electron chi connectivity index (χ2n) is 6.25.